The van der Waals surface area contributed by atoms with E-state index in [2.05, 4.69) is 19.9 Å². The highest BCUT2D eigenvalue weighted by molar-refractivity contribution is 5.89. The van der Waals surface area contributed by atoms with Crippen molar-refractivity contribution >= 4 is 16.7 Å². The van der Waals surface area contributed by atoms with Crippen LogP contribution in [0.5, 0.6) is 0 Å². The largest absolute Gasteiger partial charge is 0.385 e. The Morgan fingerprint density at radius 2 is 2.00 bits per heavy atom. The SMILES string of the molecule is Cn1ccnc1[C@@H](O)C1CCN(c2ncnc3cccc(F)c23)CC1. The number of anilines is 1. The van der Waals surface area contributed by atoms with Gasteiger partial charge in [-0.1, -0.05) is 6.07 Å². The number of aryl methyl sites for hydroxylation is 1. The summed E-state index contributed by atoms with van der Waals surface area (Å²) in [7, 11) is 1.89. The van der Waals surface area contributed by atoms with E-state index in [9.17, 15) is 9.50 Å². The highest BCUT2D eigenvalue weighted by Gasteiger charge is 2.29. The molecule has 0 saturated carbocycles. The molecule has 3 heterocycles. The number of hydrogen-bond acceptors (Lipinski definition) is 5. The Morgan fingerprint density at radius 1 is 1.20 bits per heavy atom. The molecule has 0 unspecified atom stereocenters. The first-order valence-corrected chi connectivity index (χ1v) is 8.44. The summed E-state index contributed by atoms with van der Waals surface area (Å²) in [6, 6.07) is 4.89. The number of piperidine rings is 1. The van der Waals surface area contributed by atoms with E-state index in [1.165, 1.54) is 12.4 Å². The minimum atomic E-state index is -0.582. The van der Waals surface area contributed by atoms with Gasteiger partial charge < -0.3 is 14.6 Å². The normalized spacial score (nSPS) is 17.2. The van der Waals surface area contributed by atoms with E-state index in [0.717, 1.165) is 12.8 Å². The number of benzene rings is 1. The molecule has 0 aliphatic carbocycles. The van der Waals surface area contributed by atoms with Gasteiger partial charge >= 0.3 is 0 Å². The molecule has 3 aromatic rings. The number of fused-ring (bicyclic) bond motifs is 1. The molecule has 2 aromatic heterocycles. The first-order chi connectivity index (χ1) is 12.1. The summed E-state index contributed by atoms with van der Waals surface area (Å²) in [5.41, 5.74) is 0.611. The van der Waals surface area contributed by atoms with Crippen LogP contribution in [-0.2, 0) is 7.05 Å². The Kier molecular flexibility index (Phi) is 4.09. The van der Waals surface area contributed by atoms with Gasteiger partial charge in [0.05, 0.1) is 10.9 Å². The van der Waals surface area contributed by atoms with E-state index in [1.54, 1.807) is 18.3 Å². The van der Waals surface area contributed by atoms with Gasteiger partial charge in [0, 0.05) is 32.5 Å². The molecule has 25 heavy (non-hydrogen) atoms. The maximum atomic E-state index is 14.3. The molecule has 0 radical (unpaired) electrons. The Balaban J connectivity index is 1.54. The zero-order valence-electron chi connectivity index (χ0n) is 14.0. The second-order valence-corrected chi connectivity index (χ2v) is 6.50. The van der Waals surface area contributed by atoms with Crippen LogP contribution in [0.1, 0.15) is 24.8 Å². The quantitative estimate of drug-likeness (QED) is 0.793. The van der Waals surface area contributed by atoms with Gasteiger partial charge in [-0.2, -0.15) is 0 Å². The average Bonchev–Trinajstić information content (AvgIpc) is 3.07. The minimum absolute atomic E-state index is 0.135. The van der Waals surface area contributed by atoms with Crippen molar-refractivity contribution in [1.29, 1.82) is 0 Å². The summed E-state index contributed by atoms with van der Waals surface area (Å²) in [6.45, 7) is 1.43. The zero-order valence-corrected chi connectivity index (χ0v) is 14.0. The van der Waals surface area contributed by atoms with Crippen LogP contribution in [0.4, 0.5) is 10.2 Å². The fourth-order valence-corrected chi connectivity index (χ4v) is 3.59. The van der Waals surface area contributed by atoms with Crippen LogP contribution >= 0.6 is 0 Å². The molecule has 1 aliphatic rings. The lowest BCUT2D eigenvalue weighted by Gasteiger charge is -2.35. The Labute approximate surface area is 145 Å². The number of aliphatic hydroxyl groups excluding tert-OH is 1. The van der Waals surface area contributed by atoms with E-state index in [4.69, 9.17) is 0 Å². The van der Waals surface area contributed by atoms with Crippen molar-refractivity contribution in [2.75, 3.05) is 18.0 Å². The van der Waals surface area contributed by atoms with Crippen LogP contribution in [-0.4, -0.2) is 37.7 Å². The van der Waals surface area contributed by atoms with Crippen LogP contribution < -0.4 is 4.90 Å². The molecule has 1 aromatic carbocycles. The number of rotatable bonds is 3. The molecular weight excluding hydrogens is 321 g/mol. The lowest BCUT2D eigenvalue weighted by molar-refractivity contribution is 0.0824. The Morgan fingerprint density at radius 3 is 2.72 bits per heavy atom. The molecule has 6 nitrogen and oxygen atoms in total. The van der Waals surface area contributed by atoms with Crippen molar-refractivity contribution in [2.45, 2.75) is 18.9 Å². The average molecular weight is 341 g/mol. The lowest BCUT2D eigenvalue weighted by atomic mass is 9.90. The number of nitrogens with zero attached hydrogens (tertiary/aromatic N) is 5. The van der Waals surface area contributed by atoms with Gasteiger partial charge in [0.2, 0.25) is 0 Å². The van der Waals surface area contributed by atoms with E-state index in [-0.39, 0.29) is 11.7 Å². The van der Waals surface area contributed by atoms with Gasteiger partial charge in [0.1, 0.15) is 29.9 Å². The van der Waals surface area contributed by atoms with E-state index < -0.39 is 6.10 Å². The minimum Gasteiger partial charge on any atom is -0.385 e. The van der Waals surface area contributed by atoms with Gasteiger partial charge in [-0.15, -0.1) is 0 Å². The number of aliphatic hydroxyl groups is 1. The summed E-state index contributed by atoms with van der Waals surface area (Å²) in [5, 5.41) is 11.1. The van der Waals surface area contributed by atoms with E-state index in [0.29, 0.717) is 35.6 Å². The van der Waals surface area contributed by atoms with Crippen LogP contribution in [0, 0.1) is 11.7 Å². The van der Waals surface area contributed by atoms with Crippen LogP contribution in [0.15, 0.2) is 36.9 Å². The van der Waals surface area contributed by atoms with Crippen LogP contribution in [0.2, 0.25) is 0 Å². The van der Waals surface area contributed by atoms with Gasteiger partial charge in [-0.3, -0.25) is 0 Å². The van der Waals surface area contributed by atoms with Crippen LogP contribution in [0.25, 0.3) is 10.9 Å². The summed E-state index contributed by atoms with van der Waals surface area (Å²) in [5.74, 6) is 1.16. The van der Waals surface area contributed by atoms with Gasteiger partial charge in [-0.25, -0.2) is 19.3 Å². The van der Waals surface area contributed by atoms with Crippen LogP contribution in [0.3, 0.4) is 0 Å². The number of halogens is 1. The first kappa shape index (κ1) is 16.0. The highest BCUT2D eigenvalue weighted by Crippen LogP contribution is 2.33. The predicted molar refractivity (Wildman–Crippen MR) is 92.6 cm³/mol. The molecule has 4 rings (SSSR count). The second kappa shape index (κ2) is 6.40. The highest BCUT2D eigenvalue weighted by atomic mass is 19.1. The maximum Gasteiger partial charge on any atom is 0.142 e. The monoisotopic (exact) mass is 341 g/mol. The molecular formula is C18H20FN5O. The summed E-state index contributed by atoms with van der Waals surface area (Å²) in [6.07, 6.45) is 6.03. The zero-order chi connectivity index (χ0) is 17.4. The third-order valence-electron chi connectivity index (χ3n) is 5.00. The molecule has 1 aliphatic heterocycles. The number of aromatic nitrogens is 4. The van der Waals surface area contributed by atoms with Gasteiger partial charge in [0.15, 0.2) is 0 Å². The fourth-order valence-electron chi connectivity index (χ4n) is 3.59. The lowest BCUT2D eigenvalue weighted by Crippen LogP contribution is -2.36. The van der Waals surface area contributed by atoms with Crippen molar-refractivity contribution < 1.29 is 9.50 Å². The van der Waals surface area contributed by atoms with Crippen molar-refractivity contribution in [3.05, 3.63) is 48.6 Å². The first-order valence-electron chi connectivity index (χ1n) is 8.44. The van der Waals surface area contributed by atoms with Crippen molar-refractivity contribution in [1.82, 2.24) is 19.5 Å². The third-order valence-corrected chi connectivity index (χ3v) is 5.00. The van der Waals surface area contributed by atoms with E-state index in [1.807, 2.05) is 17.8 Å². The smallest absolute Gasteiger partial charge is 0.142 e. The Bertz CT molecular complexity index is 883. The third kappa shape index (κ3) is 2.84. The van der Waals surface area contributed by atoms with E-state index >= 15 is 0 Å². The van der Waals surface area contributed by atoms with Gasteiger partial charge in [0.25, 0.3) is 0 Å². The number of hydrogen-bond donors (Lipinski definition) is 1. The molecule has 1 atom stereocenters. The van der Waals surface area contributed by atoms with Crippen molar-refractivity contribution in [2.24, 2.45) is 13.0 Å². The molecule has 0 spiro atoms. The molecule has 1 fully saturated rings. The molecule has 1 saturated heterocycles. The second-order valence-electron chi connectivity index (χ2n) is 6.50. The standard InChI is InChI=1S/C18H20FN5O/c1-23-10-7-20-18(23)16(25)12-5-8-24(9-6-12)17-15-13(19)3-2-4-14(15)21-11-22-17/h2-4,7,10-12,16,25H,5-6,8-9H2,1H3/t16-/m0/s1. The molecule has 0 amide bonds. The summed E-state index contributed by atoms with van der Waals surface area (Å²) < 4.78 is 16.1. The number of imidazole rings is 1. The topological polar surface area (TPSA) is 67.1 Å². The van der Waals surface area contributed by atoms with Gasteiger partial charge in [-0.05, 0) is 30.9 Å². The molecule has 130 valence electrons. The molecule has 1 N–H and O–H groups in total. The molecule has 0 bridgehead atoms. The maximum absolute atomic E-state index is 14.3. The van der Waals surface area contributed by atoms with Crippen molar-refractivity contribution in [3.63, 3.8) is 0 Å². The summed E-state index contributed by atoms with van der Waals surface area (Å²) >= 11 is 0. The Hall–Kier alpha value is -2.54. The predicted octanol–water partition coefficient (Wildman–Crippen LogP) is 2.45. The molecule has 7 heteroatoms. The summed E-state index contributed by atoms with van der Waals surface area (Å²) in [4.78, 5) is 14.8. The van der Waals surface area contributed by atoms with Crippen molar-refractivity contribution in [3.8, 4) is 0 Å². The fraction of sp³-hybridized carbons (Fsp3) is 0.389.